The molecule has 0 bridgehead atoms. The molecule has 3 heterocycles. The number of ether oxygens (including phenoxy) is 2. The smallest absolute Gasteiger partial charge is 0.673 e. The molecule has 2 aromatic heterocycles. The van der Waals surface area contributed by atoms with Crippen LogP contribution >= 0.6 is 0 Å². The number of aromatic nitrogens is 2. The van der Waals surface area contributed by atoms with E-state index in [0.717, 1.165) is 75.1 Å². The Morgan fingerprint density at radius 1 is 0.617 bits per heavy atom. The Labute approximate surface area is 507 Å². The fourth-order valence-corrected chi connectivity index (χ4v) is 11.0. The predicted octanol–water partition coefficient (Wildman–Crippen LogP) is 20.8. The fourth-order valence-electron chi connectivity index (χ4n) is 11.0. The number of nitrogens with one attached hydrogen (secondary N) is 1. The number of hydrogen-bond acceptors (Lipinski definition) is 5. The van der Waals surface area contributed by atoms with Crippen LogP contribution in [0.5, 0.6) is 11.5 Å². The molecular weight excluding hydrogens is 1160 g/mol. The van der Waals surface area contributed by atoms with Gasteiger partial charge < -0.3 is 41.9 Å². The maximum atomic E-state index is 6.15. The number of aryl methyl sites for hydroxylation is 4. The summed E-state index contributed by atoms with van der Waals surface area (Å²) in [6.07, 6.45) is 3.61. The van der Waals surface area contributed by atoms with Crippen molar-refractivity contribution in [2.45, 2.75) is 138 Å². The average molecular weight is 1240 g/mol. The molecule has 420 valence electrons. The maximum absolute atomic E-state index is 6.15. The van der Waals surface area contributed by atoms with Gasteiger partial charge in [-0.15, -0.1) is 18.2 Å². The quantitative estimate of drug-likeness (QED) is 0.0401. The number of rotatable bonds is 18. The third-order valence-electron chi connectivity index (χ3n) is 15.1. The van der Waals surface area contributed by atoms with Gasteiger partial charge in [0.25, 0.3) is 0 Å². The molecule has 0 aliphatic carbocycles. The van der Waals surface area contributed by atoms with Crippen LogP contribution in [-0.2, 0) is 25.8 Å². The van der Waals surface area contributed by atoms with E-state index in [-0.39, 0.29) is 58.7 Å². The zero-order chi connectivity index (χ0) is 55.6. The molecule has 7 heteroatoms. The second-order valence-corrected chi connectivity index (χ2v) is 22.4. The van der Waals surface area contributed by atoms with E-state index in [1.165, 1.54) is 55.8 Å². The summed E-state index contributed by atoms with van der Waals surface area (Å²) in [5.74, 6) is 3.59. The Morgan fingerprint density at radius 3 is 1.72 bits per heavy atom. The van der Waals surface area contributed by atoms with E-state index in [1.807, 2.05) is 6.08 Å². The Morgan fingerprint density at radius 2 is 1.14 bits per heavy atom. The molecule has 6 aromatic carbocycles. The maximum Gasteiger partial charge on any atom is 4.00 e. The average Bonchev–Trinajstić information content (AvgIpc) is 3.43. The molecule has 3 atom stereocenters. The number of pyridine rings is 2. The van der Waals surface area contributed by atoms with Crippen molar-refractivity contribution in [2.24, 2.45) is 0 Å². The van der Waals surface area contributed by atoms with Gasteiger partial charge in [0.05, 0.1) is 36.3 Å². The first kappa shape index (κ1) is 65.2. The molecule has 0 radical (unpaired) electrons. The van der Waals surface area contributed by atoms with E-state index in [2.05, 4.69) is 254 Å². The van der Waals surface area contributed by atoms with Crippen LogP contribution in [0.1, 0.15) is 182 Å². The molecule has 0 spiro atoms. The van der Waals surface area contributed by atoms with Crippen molar-refractivity contribution in [1.82, 2.24) is 9.97 Å². The molecule has 0 amide bonds. The van der Waals surface area contributed by atoms with Gasteiger partial charge in [0.1, 0.15) is 11.5 Å². The number of anilines is 1. The number of benzene rings is 6. The van der Waals surface area contributed by atoms with E-state index in [0.29, 0.717) is 36.9 Å². The molecule has 0 fully saturated rings. The molecule has 9 rings (SSSR count). The van der Waals surface area contributed by atoms with Crippen LogP contribution in [0.25, 0.3) is 27.8 Å². The predicted molar refractivity (Wildman–Crippen MR) is 342 cm³/mol. The fraction of sp³-hybridized carbons (Fsp3) is 0.311. The standard InChI is InChI=1S/C36H40N2O.C36H42N2O.2CH3.Hf/c1-22(2)28-15-11-16-29(23(3)4)35(28)38-34(27-13-9-8-10-14-27)31-18-12-17-30(37-31)32-25(6)21-26(7)36-33(32)24(5)19-20-39-36;1-8-9-21-39-34-23-31(26(6)22-27(34)7)32-19-14-20-33(37-32)35(28-15-11-10-12-16-28)38-36-29(24(2)3)17-13-18-30(36)25(4)5;;;/h8-18,21-24,34H,5,19-20H2,1-4,6-7H3;8,10-20,22-25,35,38H,1,9,21H2,2-7H3;2*1H3;/q-2;;2*-1;+4. The SMILES string of the molecule is C=CCCOc1cc(-c2cccc(C(Nc3c(C(C)C)cccc3C(C)C)c3ccccc3)n2)c(C)cc1C.[CH2-]C1CCOc2c(C)cc(C)c(-c3cccc(C([N-]c4c(C(C)C)cccc4C(C)C)c4ccccc4)n3)c21.[CH3-].[CH3-].[Hf+4]. The minimum absolute atomic E-state index is 0. The molecule has 8 aromatic rings. The molecule has 0 saturated carbocycles. The van der Waals surface area contributed by atoms with Gasteiger partial charge in [-0.25, -0.2) is 0 Å². The van der Waals surface area contributed by atoms with Gasteiger partial charge >= 0.3 is 25.8 Å². The van der Waals surface area contributed by atoms with Crippen molar-refractivity contribution in [3.05, 3.63) is 264 Å². The topological polar surface area (TPSA) is 70.4 Å². The number of fused-ring (bicyclic) bond motifs is 1. The van der Waals surface area contributed by atoms with Crippen molar-refractivity contribution in [2.75, 3.05) is 18.5 Å². The normalized spacial score (nSPS) is 13.3. The largest absolute Gasteiger partial charge is 4.00 e. The summed E-state index contributed by atoms with van der Waals surface area (Å²) < 4.78 is 12.2. The summed E-state index contributed by atoms with van der Waals surface area (Å²) >= 11 is 0. The molecule has 6 nitrogen and oxygen atoms in total. The van der Waals surface area contributed by atoms with Crippen LogP contribution in [0.4, 0.5) is 11.4 Å². The Kier molecular flexibility index (Phi) is 24.1. The van der Waals surface area contributed by atoms with Crippen molar-refractivity contribution in [3.63, 3.8) is 0 Å². The van der Waals surface area contributed by atoms with E-state index < -0.39 is 0 Å². The van der Waals surface area contributed by atoms with Gasteiger partial charge in [0, 0.05) is 22.5 Å². The van der Waals surface area contributed by atoms with Crippen LogP contribution in [0.2, 0.25) is 0 Å². The first-order valence-corrected chi connectivity index (χ1v) is 28.3. The molecule has 81 heavy (non-hydrogen) atoms. The molecular formula is C74H88HfN4O2. The van der Waals surface area contributed by atoms with Crippen molar-refractivity contribution < 1.29 is 35.3 Å². The molecule has 3 unspecified atom stereocenters. The number of nitrogens with zero attached hydrogens (tertiary/aromatic N) is 3. The van der Waals surface area contributed by atoms with Crippen LogP contribution in [0, 0.1) is 49.5 Å². The summed E-state index contributed by atoms with van der Waals surface area (Å²) in [6, 6.07) is 53.4. The van der Waals surface area contributed by atoms with Crippen molar-refractivity contribution in [3.8, 4) is 34.0 Å². The molecule has 0 saturated heterocycles. The second-order valence-electron chi connectivity index (χ2n) is 22.4. The van der Waals surface area contributed by atoms with Gasteiger partial charge in [-0.05, 0) is 145 Å². The molecule has 1 aliphatic rings. The van der Waals surface area contributed by atoms with Crippen molar-refractivity contribution in [1.29, 1.82) is 0 Å². The molecule has 1 aliphatic heterocycles. The van der Waals surface area contributed by atoms with Crippen LogP contribution in [0.15, 0.2) is 164 Å². The molecule has 1 N–H and O–H groups in total. The van der Waals surface area contributed by atoms with Gasteiger partial charge in [-0.1, -0.05) is 199 Å². The summed E-state index contributed by atoms with van der Waals surface area (Å²) in [5, 5.41) is 9.48. The number of hydrogen-bond donors (Lipinski definition) is 1. The Hall–Kier alpha value is -6.57. The minimum atomic E-state index is -0.225. The van der Waals surface area contributed by atoms with Crippen LogP contribution in [0.3, 0.4) is 0 Å². The van der Waals surface area contributed by atoms with E-state index in [9.17, 15) is 0 Å². The van der Waals surface area contributed by atoms with Gasteiger partial charge in [0.2, 0.25) is 0 Å². The van der Waals surface area contributed by atoms with Gasteiger partial charge in [-0.3, -0.25) is 9.97 Å². The zero-order valence-electron chi connectivity index (χ0n) is 51.0. The van der Waals surface area contributed by atoms with E-state index >= 15 is 0 Å². The second kappa shape index (κ2) is 29.9. The van der Waals surface area contributed by atoms with Gasteiger partial charge in [-0.2, -0.15) is 0 Å². The Bertz CT molecular complexity index is 3260. The minimum Gasteiger partial charge on any atom is -0.673 e. The van der Waals surface area contributed by atoms with E-state index in [4.69, 9.17) is 24.8 Å². The zero-order valence-corrected chi connectivity index (χ0v) is 54.5. The summed E-state index contributed by atoms with van der Waals surface area (Å²) in [5.41, 5.74) is 21.8. The third-order valence-corrected chi connectivity index (χ3v) is 15.1. The van der Waals surface area contributed by atoms with E-state index in [1.54, 1.807) is 0 Å². The first-order valence-electron chi connectivity index (χ1n) is 28.3. The van der Waals surface area contributed by atoms with Gasteiger partial charge in [0.15, 0.2) is 0 Å². The first-order chi connectivity index (χ1) is 37.6. The van der Waals surface area contributed by atoms with Crippen LogP contribution < -0.4 is 14.8 Å². The summed E-state index contributed by atoms with van der Waals surface area (Å²) in [7, 11) is 0. The Balaban J connectivity index is 0.000000287. The third kappa shape index (κ3) is 15.3. The number of para-hydroxylation sites is 2. The monoisotopic (exact) mass is 1240 g/mol. The summed E-state index contributed by atoms with van der Waals surface area (Å²) in [6.45, 7) is 36.2. The van der Waals surface area contributed by atoms with Crippen LogP contribution in [-0.4, -0.2) is 23.2 Å². The van der Waals surface area contributed by atoms with Crippen molar-refractivity contribution >= 4 is 11.4 Å². The summed E-state index contributed by atoms with van der Waals surface area (Å²) in [4.78, 5) is 10.6.